The molecule has 144 valence electrons. The van der Waals surface area contributed by atoms with Gasteiger partial charge in [-0.1, -0.05) is 0 Å². The van der Waals surface area contributed by atoms with Crippen LogP contribution in [0.2, 0.25) is 0 Å². The summed E-state index contributed by atoms with van der Waals surface area (Å²) in [6.45, 7) is 2.53. The van der Waals surface area contributed by atoms with E-state index in [1.807, 2.05) is 13.0 Å². The lowest BCUT2D eigenvalue weighted by atomic mass is 9.74. The van der Waals surface area contributed by atoms with Crippen molar-refractivity contribution in [3.8, 4) is 11.5 Å². The van der Waals surface area contributed by atoms with Crippen LogP contribution in [0.1, 0.15) is 48.8 Å². The minimum Gasteiger partial charge on any atom is -0.493 e. The summed E-state index contributed by atoms with van der Waals surface area (Å²) < 4.78 is 11.3. The third-order valence-electron chi connectivity index (χ3n) is 5.21. The van der Waals surface area contributed by atoms with Crippen molar-refractivity contribution in [3.63, 3.8) is 0 Å². The summed E-state index contributed by atoms with van der Waals surface area (Å²) in [6, 6.07) is 4.21. The Morgan fingerprint density at radius 3 is 2.63 bits per heavy atom. The second-order valence-electron chi connectivity index (χ2n) is 6.77. The Hall–Kier alpha value is -2.18. The number of aliphatic hydroxyl groups excluding tert-OH is 1. The highest BCUT2D eigenvalue weighted by atomic mass is 35.5. The second kappa shape index (κ2) is 8.23. The zero-order valence-electron chi connectivity index (χ0n) is 15.5. The standard InChI is InChI=1S/C20H23N3O3.ClH/c1-3-26-19-7-14-15-6-13(24)4-5-17(15)23-20(12-9-21-11-22-10-12)16(14)8-18(19)25-2;/h7-11,13,15,17,24H,3-6H2,1-2H3;1H/t13-,15-,17?;/m1./s1. The van der Waals surface area contributed by atoms with Gasteiger partial charge in [0.15, 0.2) is 11.5 Å². The molecule has 0 spiro atoms. The van der Waals surface area contributed by atoms with E-state index in [0.29, 0.717) is 12.4 Å². The average molecular weight is 390 g/mol. The van der Waals surface area contributed by atoms with Crippen LogP contribution in [0.4, 0.5) is 0 Å². The van der Waals surface area contributed by atoms with E-state index in [2.05, 4.69) is 16.0 Å². The molecule has 1 N–H and O–H groups in total. The summed E-state index contributed by atoms with van der Waals surface area (Å²) in [5.41, 5.74) is 3.95. The number of ether oxygens (including phenoxy) is 2. The van der Waals surface area contributed by atoms with Crippen molar-refractivity contribution in [2.75, 3.05) is 13.7 Å². The van der Waals surface area contributed by atoms with Crippen LogP contribution in [0.25, 0.3) is 0 Å². The topological polar surface area (TPSA) is 76.8 Å². The smallest absolute Gasteiger partial charge is 0.161 e. The Labute approximate surface area is 165 Å². The molecule has 2 aromatic rings. The van der Waals surface area contributed by atoms with Gasteiger partial charge in [0, 0.05) is 29.4 Å². The summed E-state index contributed by atoms with van der Waals surface area (Å²) in [4.78, 5) is 13.3. The maximum atomic E-state index is 10.2. The van der Waals surface area contributed by atoms with Crippen molar-refractivity contribution in [2.45, 2.75) is 44.2 Å². The van der Waals surface area contributed by atoms with E-state index in [4.69, 9.17) is 14.5 Å². The molecule has 0 bridgehead atoms. The van der Waals surface area contributed by atoms with E-state index in [0.717, 1.165) is 47.4 Å². The summed E-state index contributed by atoms with van der Waals surface area (Å²) in [5.74, 6) is 1.61. The van der Waals surface area contributed by atoms with Crippen LogP contribution >= 0.6 is 12.4 Å². The molecule has 1 unspecified atom stereocenters. The Bertz CT molecular complexity index is 829. The molecule has 1 aliphatic heterocycles. The SMILES string of the molecule is CCOc1cc2c(cc1OC)C(c1cncnc1)=NC1CC[C@@H](O)C[C@H]21.Cl. The first-order chi connectivity index (χ1) is 12.7. The lowest BCUT2D eigenvalue weighted by Gasteiger charge is -2.37. The van der Waals surface area contributed by atoms with E-state index in [-0.39, 0.29) is 30.5 Å². The molecule has 0 amide bonds. The number of aromatic nitrogens is 2. The number of benzene rings is 1. The van der Waals surface area contributed by atoms with Crippen LogP contribution in [-0.4, -0.2) is 46.6 Å². The van der Waals surface area contributed by atoms with Crippen molar-refractivity contribution in [3.05, 3.63) is 47.5 Å². The van der Waals surface area contributed by atoms with Crippen molar-refractivity contribution >= 4 is 18.1 Å². The van der Waals surface area contributed by atoms with Gasteiger partial charge in [0.25, 0.3) is 0 Å². The molecule has 0 saturated heterocycles. The molecule has 1 fully saturated rings. The fraction of sp³-hybridized carbons (Fsp3) is 0.450. The van der Waals surface area contributed by atoms with Gasteiger partial charge in [-0.25, -0.2) is 9.97 Å². The normalized spacial score (nSPS) is 23.4. The van der Waals surface area contributed by atoms with Crippen molar-refractivity contribution in [2.24, 2.45) is 4.99 Å². The van der Waals surface area contributed by atoms with E-state index in [9.17, 15) is 5.11 Å². The molecular weight excluding hydrogens is 366 g/mol. The number of fused-ring (bicyclic) bond motifs is 3. The summed E-state index contributed by atoms with van der Waals surface area (Å²) in [7, 11) is 1.64. The highest BCUT2D eigenvalue weighted by Crippen LogP contribution is 2.44. The van der Waals surface area contributed by atoms with Gasteiger partial charge in [0.05, 0.1) is 31.6 Å². The fourth-order valence-corrected chi connectivity index (χ4v) is 4.02. The van der Waals surface area contributed by atoms with Gasteiger partial charge in [-0.2, -0.15) is 0 Å². The number of hydrogen-bond acceptors (Lipinski definition) is 6. The van der Waals surface area contributed by atoms with Crippen molar-refractivity contribution < 1.29 is 14.6 Å². The molecule has 1 aliphatic carbocycles. The minimum atomic E-state index is -0.279. The molecule has 0 radical (unpaired) electrons. The summed E-state index contributed by atoms with van der Waals surface area (Å²) >= 11 is 0. The Morgan fingerprint density at radius 2 is 1.93 bits per heavy atom. The van der Waals surface area contributed by atoms with Gasteiger partial charge >= 0.3 is 0 Å². The third kappa shape index (κ3) is 3.64. The molecule has 2 heterocycles. The van der Waals surface area contributed by atoms with E-state index >= 15 is 0 Å². The van der Waals surface area contributed by atoms with E-state index < -0.39 is 0 Å². The number of aliphatic hydroxyl groups is 1. The van der Waals surface area contributed by atoms with Gasteiger partial charge < -0.3 is 14.6 Å². The average Bonchev–Trinajstić information content (AvgIpc) is 2.68. The zero-order chi connectivity index (χ0) is 18.1. The van der Waals surface area contributed by atoms with Crippen LogP contribution < -0.4 is 9.47 Å². The lowest BCUT2D eigenvalue weighted by molar-refractivity contribution is 0.111. The molecule has 6 nitrogen and oxygen atoms in total. The maximum Gasteiger partial charge on any atom is 0.161 e. The first-order valence-electron chi connectivity index (χ1n) is 9.07. The molecule has 27 heavy (non-hydrogen) atoms. The van der Waals surface area contributed by atoms with Crippen LogP contribution in [0.15, 0.2) is 35.8 Å². The lowest BCUT2D eigenvalue weighted by Crippen LogP contribution is -2.34. The van der Waals surface area contributed by atoms with Crippen molar-refractivity contribution in [1.82, 2.24) is 9.97 Å². The van der Waals surface area contributed by atoms with Gasteiger partial charge in [0.2, 0.25) is 0 Å². The van der Waals surface area contributed by atoms with Crippen molar-refractivity contribution in [1.29, 1.82) is 0 Å². The number of hydrogen-bond donors (Lipinski definition) is 1. The largest absolute Gasteiger partial charge is 0.493 e. The van der Waals surface area contributed by atoms with Gasteiger partial charge in [-0.05, 0) is 43.9 Å². The highest BCUT2D eigenvalue weighted by Gasteiger charge is 2.37. The third-order valence-corrected chi connectivity index (χ3v) is 5.21. The van der Waals surface area contributed by atoms with Gasteiger partial charge in [-0.3, -0.25) is 4.99 Å². The number of halogens is 1. The van der Waals surface area contributed by atoms with Crippen LogP contribution in [0, 0.1) is 0 Å². The number of rotatable bonds is 4. The van der Waals surface area contributed by atoms with Gasteiger partial charge in [-0.15, -0.1) is 12.4 Å². The molecule has 1 aromatic carbocycles. The highest BCUT2D eigenvalue weighted by molar-refractivity contribution is 6.14. The molecule has 1 aromatic heterocycles. The number of aliphatic imine (C=N–C) groups is 1. The first-order valence-corrected chi connectivity index (χ1v) is 9.07. The van der Waals surface area contributed by atoms with E-state index in [1.54, 1.807) is 19.5 Å². The van der Waals surface area contributed by atoms with Crippen LogP contribution in [0.5, 0.6) is 11.5 Å². The molecule has 7 heteroatoms. The predicted molar refractivity (Wildman–Crippen MR) is 105 cm³/mol. The summed E-state index contributed by atoms with van der Waals surface area (Å²) in [5, 5.41) is 10.2. The first kappa shape index (κ1) is 19.6. The molecule has 3 atom stereocenters. The van der Waals surface area contributed by atoms with E-state index in [1.165, 1.54) is 6.33 Å². The molecule has 4 rings (SSSR count). The van der Waals surface area contributed by atoms with Crippen LogP contribution in [-0.2, 0) is 0 Å². The fourth-order valence-electron chi connectivity index (χ4n) is 4.02. The Morgan fingerprint density at radius 1 is 1.15 bits per heavy atom. The summed E-state index contributed by atoms with van der Waals surface area (Å²) in [6.07, 6.45) is 7.20. The predicted octanol–water partition coefficient (Wildman–Crippen LogP) is 3.15. The zero-order valence-corrected chi connectivity index (χ0v) is 16.3. The molecule has 2 aliphatic rings. The van der Waals surface area contributed by atoms with Gasteiger partial charge in [0.1, 0.15) is 6.33 Å². The Balaban J connectivity index is 0.00000210. The van der Waals surface area contributed by atoms with Crippen LogP contribution in [0.3, 0.4) is 0 Å². The second-order valence-corrected chi connectivity index (χ2v) is 6.77. The monoisotopic (exact) mass is 389 g/mol. The molecular formula is C20H24ClN3O3. The maximum absolute atomic E-state index is 10.2. The quantitative estimate of drug-likeness (QED) is 0.869. The minimum absolute atomic E-state index is 0. The molecule has 1 saturated carbocycles. The number of nitrogens with zero attached hydrogens (tertiary/aromatic N) is 3. The Kier molecular flexibility index (Phi) is 5.97. The number of methoxy groups -OCH3 is 1.